The van der Waals surface area contributed by atoms with Crippen molar-refractivity contribution in [3.05, 3.63) is 11.8 Å². The van der Waals surface area contributed by atoms with Crippen LogP contribution in [0.2, 0.25) is 0 Å². The van der Waals surface area contributed by atoms with Crippen LogP contribution in [0.5, 0.6) is 0 Å². The maximum absolute atomic E-state index is 16.2. The smallest absolute Gasteiger partial charge is 0.259 e. The van der Waals surface area contributed by atoms with Gasteiger partial charge >= 0.3 is 0 Å². The van der Waals surface area contributed by atoms with E-state index in [1.54, 1.807) is 4.90 Å². The van der Waals surface area contributed by atoms with Crippen LogP contribution in [0.3, 0.4) is 0 Å². The number of hydrogen-bond acceptors (Lipinski definition) is 7. The fourth-order valence-corrected chi connectivity index (χ4v) is 9.55. The van der Waals surface area contributed by atoms with Gasteiger partial charge in [-0.25, -0.2) is 4.39 Å². The number of nitrogens with one attached hydrogen (secondary N) is 1. The van der Waals surface area contributed by atoms with Crippen LogP contribution in [0, 0.1) is 17.8 Å². The number of carbonyl (C=O) groups is 2. The fraction of sp³-hybridized carbons (Fsp3) is 0.871. The number of alkyl halides is 1. The number of halogens is 1. The highest BCUT2D eigenvalue weighted by atomic mass is 19.1. The van der Waals surface area contributed by atoms with Crippen molar-refractivity contribution in [1.29, 1.82) is 0 Å². The molecule has 1 N–H and O–H groups in total. The van der Waals surface area contributed by atoms with Gasteiger partial charge in [-0.1, -0.05) is 26.2 Å². The lowest BCUT2D eigenvalue weighted by Gasteiger charge is -2.62. The summed E-state index contributed by atoms with van der Waals surface area (Å²) in [6.07, 6.45) is 9.89. The van der Waals surface area contributed by atoms with Crippen molar-refractivity contribution < 1.29 is 23.5 Å². The third-order valence-electron chi connectivity index (χ3n) is 11.5. The van der Waals surface area contributed by atoms with E-state index in [-0.39, 0.29) is 41.9 Å². The van der Waals surface area contributed by atoms with E-state index in [0.29, 0.717) is 44.2 Å². The standard InChI is InChI=1S/C31H47FN4O4/c1-2-34-11-5-7-20(34)17-33-26-24(32)16-22-28-30(26)40-25-10-9-19-6-3-4-8-21(19)27(25)36(28)18-23(29(22)37)31(38)35-12-14-39-15-13-35/h18-22,24-28,30,33H,2-17H2,1H3/t19?,20-,21?,22?,24?,25?,26?,27?,28?,30?/m1/s1. The second-order valence-corrected chi connectivity index (χ2v) is 13.4. The molecule has 0 aromatic rings. The number of rotatable bonds is 5. The first-order valence-corrected chi connectivity index (χ1v) is 16.2. The van der Waals surface area contributed by atoms with Crippen LogP contribution >= 0.6 is 0 Å². The predicted molar refractivity (Wildman–Crippen MR) is 148 cm³/mol. The largest absolute Gasteiger partial charge is 0.378 e. The molecule has 3 aliphatic carbocycles. The zero-order chi connectivity index (χ0) is 27.4. The molecule has 6 fully saturated rings. The number of nitrogens with zero attached hydrogens (tertiary/aromatic N) is 3. The summed E-state index contributed by atoms with van der Waals surface area (Å²) in [5.74, 6) is 0.233. The lowest BCUT2D eigenvalue weighted by atomic mass is 9.63. The van der Waals surface area contributed by atoms with E-state index in [0.717, 1.165) is 38.9 Å². The quantitative estimate of drug-likeness (QED) is 0.520. The van der Waals surface area contributed by atoms with E-state index in [4.69, 9.17) is 9.47 Å². The van der Waals surface area contributed by atoms with E-state index in [1.807, 2.05) is 6.20 Å². The summed E-state index contributed by atoms with van der Waals surface area (Å²) in [7, 11) is 0. The molecular formula is C31H47FN4O4. The summed E-state index contributed by atoms with van der Waals surface area (Å²) >= 11 is 0. The number of likely N-dealkylation sites (N-methyl/N-ethyl adjacent to an activating group) is 1. The summed E-state index contributed by atoms with van der Waals surface area (Å²) in [4.78, 5) is 34.3. The Bertz CT molecular complexity index is 1000. The van der Waals surface area contributed by atoms with Gasteiger partial charge in [-0.2, -0.15) is 0 Å². The van der Waals surface area contributed by atoms with E-state index in [9.17, 15) is 9.59 Å². The highest BCUT2D eigenvalue weighted by Gasteiger charge is 2.60. The maximum Gasteiger partial charge on any atom is 0.259 e. The number of morpholine rings is 2. The number of ether oxygens (including phenoxy) is 2. The zero-order valence-electron chi connectivity index (χ0n) is 24.0. The van der Waals surface area contributed by atoms with Crippen molar-refractivity contribution in [1.82, 2.24) is 20.0 Å². The number of likely N-dealkylation sites (tertiary alicyclic amines) is 1. The minimum atomic E-state index is -1.19. The van der Waals surface area contributed by atoms with Crippen molar-refractivity contribution >= 4 is 11.7 Å². The molecule has 8 nitrogen and oxygen atoms in total. The van der Waals surface area contributed by atoms with E-state index in [2.05, 4.69) is 22.0 Å². The van der Waals surface area contributed by atoms with Crippen LogP contribution in [-0.2, 0) is 19.1 Å². The molecule has 3 saturated carbocycles. The summed E-state index contributed by atoms with van der Waals surface area (Å²) in [5, 5.41) is 3.63. The minimum Gasteiger partial charge on any atom is -0.378 e. The van der Waals surface area contributed by atoms with Gasteiger partial charge in [0, 0.05) is 37.8 Å². The summed E-state index contributed by atoms with van der Waals surface area (Å²) in [6, 6.07) is -0.0758. The van der Waals surface area contributed by atoms with Crippen LogP contribution in [0.1, 0.15) is 64.7 Å². The van der Waals surface area contributed by atoms with Crippen molar-refractivity contribution in [2.45, 2.75) is 107 Å². The monoisotopic (exact) mass is 558 g/mol. The van der Waals surface area contributed by atoms with Gasteiger partial charge in [0.25, 0.3) is 5.91 Å². The molecule has 0 radical (unpaired) electrons. The molecule has 10 atom stereocenters. The number of Topliss-reactive ketones (excluding diaryl/α,β-unsaturated/α-hetero) is 1. The first-order chi connectivity index (χ1) is 19.5. The van der Waals surface area contributed by atoms with Crippen molar-refractivity contribution in [2.24, 2.45) is 17.8 Å². The van der Waals surface area contributed by atoms with Crippen LogP contribution in [0.4, 0.5) is 4.39 Å². The highest BCUT2D eigenvalue weighted by molar-refractivity contribution is 6.20. The van der Waals surface area contributed by atoms with Crippen LogP contribution < -0.4 is 5.32 Å². The Labute approximate surface area is 238 Å². The molecule has 222 valence electrons. The number of fused-ring (bicyclic) bond motifs is 4. The number of ketones is 1. The molecule has 0 aromatic carbocycles. The van der Waals surface area contributed by atoms with Gasteiger partial charge in [0.2, 0.25) is 0 Å². The first-order valence-electron chi connectivity index (χ1n) is 16.2. The molecule has 40 heavy (non-hydrogen) atoms. The van der Waals surface area contributed by atoms with E-state index < -0.39 is 24.2 Å². The lowest BCUT2D eigenvalue weighted by Crippen LogP contribution is -2.74. The third-order valence-corrected chi connectivity index (χ3v) is 11.5. The minimum absolute atomic E-state index is 0.0126. The molecule has 7 aliphatic rings. The molecular weight excluding hydrogens is 511 g/mol. The van der Waals surface area contributed by atoms with Crippen molar-refractivity contribution in [3.63, 3.8) is 0 Å². The van der Waals surface area contributed by atoms with Crippen molar-refractivity contribution in [3.8, 4) is 0 Å². The molecule has 1 amide bonds. The van der Waals surface area contributed by atoms with Crippen LogP contribution in [0.25, 0.3) is 0 Å². The number of amides is 1. The fourth-order valence-electron chi connectivity index (χ4n) is 9.55. The van der Waals surface area contributed by atoms with Gasteiger partial charge in [-0.05, 0) is 63.5 Å². The van der Waals surface area contributed by atoms with Gasteiger partial charge in [-0.3, -0.25) is 14.5 Å². The van der Waals surface area contributed by atoms with E-state index >= 15 is 4.39 Å². The lowest BCUT2D eigenvalue weighted by molar-refractivity contribution is -0.215. The Kier molecular flexibility index (Phi) is 7.69. The Morgan fingerprint density at radius 2 is 1.88 bits per heavy atom. The average molecular weight is 559 g/mol. The summed E-state index contributed by atoms with van der Waals surface area (Å²) in [5.41, 5.74) is 0.253. The predicted octanol–water partition coefficient (Wildman–Crippen LogP) is 2.52. The Hall–Kier alpha value is -1.55. The summed E-state index contributed by atoms with van der Waals surface area (Å²) < 4.78 is 28.6. The SMILES string of the molecule is CCN1CCC[C@@H]1CNC1C(F)CC2C(=O)C(C(=O)N3CCOCC3)=CN3C4C(CCC5CCCCC54)OC1C23. The maximum atomic E-state index is 16.2. The molecule has 0 spiro atoms. The molecule has 0 aromatic heterocycles. The number of hydrogen-bond donors (Lipinski definition) is 1. The Morgan fingerprint density at radius 1 is 1.05 bits per heavy atom. The number of carbonyl (C=O) groups excluding carboxylic acids is 2. The van der Waals surface area contributed by atoms with Crippen molar-refractivity contribution in [2.75, 3.05) is 45.9 Å². The molecule has 9 heteroatoms. The molecule has 0 bridgehead atoms. The molecule has 9 unspecified atom stereocenters. The van der Waals surface area contributed by atoms with Crippen LogP contribution in [0.15, 0.2) is 11.8 Å². The summed E-state index contributed by atoms with van der Waals surface area (Å²) in [6.45, 7) is 7.03. The average Bonchev–Trinajstić information content (AvgIpc) is 3.45. The normalized spacial score (nSPS) is 43.5. The molecule has 3 saturated heterocycles. The third kappa shape index (κ3) is 4.63. The van der Waals surface area contributed by atoms with Gasteiger partial charge in [0.1, 0.15) is 6.17 Å². The molecule has 4 aliphatic heterocycles. The van der Waals surface area contributed by atoms with Gasteiger partial charge in [0.05, 0.1) is 49.1 Å². The van der Waals surface area contributed by atoms with E-state index in [1.165, 1.54) is 32.1 Å². The van der Waals surface area contributed by atoms with Crippen LogP contribution in [-0.4, -0.2) is 115 Å². The Balaban J connectivity index is 1.21. The zero-order valence-corrected chi connectivity index (χ0v) is 24.0. The van der Waals surface area contributed by atoms with Gasteiger partial charge in [0.15, 0.2) is 5.78 Å². The Morgan fingerprint density at radius 3 is 2.70 bits per heavy atom. The topological polar surface area (TPSA) is 74.4 Å². The molecule has 4 heterocycles. The van der Waals surface area contributed by atoms with Gasteiger partial charge < -0.3 is 24.6 Å². The first kappa shape index (κ1) is 27.3. The second-order valence-electron chi connectivity index (χ2n) is 13.4. The highest BCUT2D eigenvalue weighted by Crippen LogP contribution is 2.51. The molecule has 7 rings (SSSR count). The second kappa shape index (κ2) is 11.3. The van der Waals surface area contributed by atoms with Gasteiger partial charge in [-0.15, -0.1) is 0 Å².